The van der Waals surface area contributed by atoms with Crippen molar-refractivity contribution in [3.63, 3.8) is 0 Å². The molecule has 2 aromatic carbocycles. The van der Waals surface area contributed by atoms with Gasteiger partial charge in [0, 0.05) is 24.8 Å². The fraction of sp³-hybridized carbons (Fsp3) is 0.552. The zero-order valence-corrected chi connectivity index (χ0v) is 23.3. The van der Waals surface area contributed by atoms with Crippen LogP contribution in [0.5, 0.6) is 11.5 Å². The van der Waals surface area contributed by atoms with Crippen molar-refractivity contribution >= 4 is 21.6 Å². The largest absolute Gasteiger partial charge is 0.457 e. The Labute approximate surface area is 227 Å². The number of sulfonamides is 1. The molecule has 2 aliphatic rings. The van der Waals surface area contributed by atoms with Gasteiger partial charge < -0.3 is 15.4 Å². The average molecular weight is 543 g/mol. The van der Waals surface area contributed by atoms with Gasteiger partial charge in [0.15, 0.2) is 0 Å². The molecule has 1 heterocycles. The van der Waals surface area contributed by atoms with Gasteiger partial charge >= 0.3 is 0 Å². The summed E-state index contributed by atoms with van der Waals surface area (Å²) >= 11 is 0. The molecular weight excluding hydrogens is 500 g/mol. The molecule has 0 spiro atoms. The minimum atomic E-state index is -3.30. The summed E-state index contributed by atoms with van der Waals surface area (Å²) < 4.78 is 31.0. The fourth-order valence-corrected chi connectivity index (χ4v) is 5.91. The van der Waals surface area contributed by atoms with Gasteiger partial charge in [0.2, 0.25) is 15.9 Å². The molecule has 4 rings (SSSR count). The first-order chi connectivity index (χ1) is 18.3. The van der Waals surface area contributed by atoms with Gasteiger partial charge in [0.05, 0.1) is 12.8 Å². The highest BCUT2D eigenvalue weighted by molar-refractivity contribution is 7.92. The first-order valence-electron chi connectivity index (χ1n) is 13.9. The Morgan fingerprint density at radius 1 is 0.921 bits per heavy atom. The van der Waals surface area contributed by atoms with Crippen LogP contribution in [0.3, 0.4) is 0 Å². The number of carbonyl (C=O) groups is 1. The van der Waals surface area contributed by atoms with Gasteiger partial charge in [-0.25, -0.2) is 8.42 Å². The number of benzene rings is 2. The third-order valence-electron chi connectivity index (χ3n) is 7.46. The number of nitrogens with one attached hydrogen (secondary N) is 3. The Morgan fingerprint density at radius 2 is 1.55 bits per heavy atom. The topological polar surface area (TPSA) is 99.8 Å². The van der Waals surface area contributed by atoms with Crippen LogP contribution >= 0.6 is 0 Å². The fourth-order valence-electron chi connectivity index (χ4n) is 5.35. The molecule has 38 heavy (non-hydrogen) atoms. The highest BCUT2D eigenvalue weighted by Gasteiger charge is 2.20. The van der Waals surface area contributed by atoms with Crippen molar-refractivity contribution in [1.82, 2.24) is 15.5 Å². The summed E-state index contributed by atoms with van der Waals surface area (Å²) in [5, 5.41) is 6.54. The van der Waals surface area contributed by atoms with Gasteiger partial charge in [-0.3, -0.25) is 14.4 Å². The molecule has 2 aromatic rings. The SMILES string of the molecule is CS(=O)(=O)Nc1ccc(Oc2ccc(CN3CCC(NCC(=O)NCCC4CCCCC4)CC3)cc2)cc1. The number of ether oxygens (including phenoxy) is 1. The second-order valence-corrected chi connectivity index (χ2v) is 12.5. The molecule has 208 valence electrons. The standard InChI is InChI=1S/C29H42N4O4S/c1-38(35,36)32-26-9-13-28(14-10-26)37-27-11-7-24(8-12-27)22-33-19-16-25(17-20-33)31-21-29(34)30-18-15-23-5-3-2-4-6-23/h7-14,23,25,31-32H,2-6,15-22H2,1H3,(H,30,34). The van der Waals surface area contributed by atoms with Gasteiger partial charge in [-0.15, -0.1) is 0 Å². The van der Waals surface area contributed by atoms with E-state index in [1.165, 1.54) is 37.7 Å². The van der Waals surface area contributed by atoms with E-state index in [0.29, 0.717) is 24.0 Å². The molecule has 8 nitrogen and oxygen atoms in total. The lowest BCUT2D eigenvalue weighted by molar-refractivity contribution is -0.120. The van der Waals surface area contributed by atoms with Gasteiger partial charge in [-0.05, 0) is 80.2 Å². The third-order valence-corrected chi connectivity index (χ3v) is 8.07. The maximum atomic E-state index is 12.2. The van der Waals surface area contributed by atoms with Crippen molar-refractivity contribution in [2.45, 2.75) is 64.0 Å². The summed E-state index contributed by atoms with van der Waals surface area (Å²) in [7, 11) is -3.30. The smallest absolute Gasteiger partial charge is 0.233 e. The van der Waals surface area contributed by atoms with Crippen molar-refractivity contribution in [2.75, 3.05) is 37.2 Å². The Hall–Kier alpha value is -2.62. The molecule has 3 N–H and O–H groups in total. The summed E-state index contributed by atoms with van der Waals surface area (Å²) in [5.41, 5.74) is 1.73. The van der Waals surface area contributed by atoms with Crippen LogP contribution in [0.2, 0.25) is 0 Å². The number of anilines is 1. The maximum absolute atomic E-state index is 12.2. The molecule has 0 radical (unpaired) electrons. The molecule has 2 fully saturated rings. The highest BCUT2D eigenvalue weighted by atomic mass is 32.2. The van der Waals surface area contributed by atoms with E-state index >= 15 is 0 Å². The van der Waals surface area contributed by atoms with E-state index in [1.807, 2.05) is 12.1 Å². The number of rotatable bonds is 12. The molecule has 1 saturated carbocycles. The van der Waals surface area contributed by atoms with Crippen LogP contribution in [0.25, 0.3) is 0 Å². The lowest BCUT2D eigenvalue weighted by Gasteiger charge is -2.32. The molecule has 1 saturated heterocycles. The molecule has 0 atom stereocenters. The van der Waals surface area contributed by atoms with Crippen LogP contribution in [-0.4, -0.2) is 57.7 Å². The van der Waals surface area contributed by atoms with E-state index in [1.54, 1.807) is 24.3 Å². The average Bonchev–Trinajstić information content (AvgIpc) is 2.90. The summed E-state index contributed by atoms with van der Waals surface area (Å²) in [4.78, 5) is 14.7. The van der Waals surface area contributed by atoms with Crippen LogP contribution in [0.15, 0.2) is 48.5 Å². The minimum absolute atomic E-state index is 0.118. The Morgan fingerprint density at radius 3 is 2.18 bits per heavy atom. The Kier molecular flexibility index (Phi) is 10.4. The van der Waals surface area contributed by atoms with E-state index in [2.05, 4.69) is 32.4 Å². The van der Waals surface area contributed by atoms with E-state index in [9.17, 15) is 13.2 Å². The number of amides is 1. The first-order valence-corrected chi connectivity index (χ1v) is 15.8. The van der Waals surface area contributed by atoms with E-state index < -0.39 is 10.0 Å². The van der Waals surface area contributed by atoms with Crippen molar-refractivity contribution in [3.05, 3.63) is 54.1 Å². The molecule has 1 amide bonds. The van der Waals surface area contributed by atoms with Crippen molar-refractivity contribution in [1.29, 1.82) is 0 Å². The zero-order valence-electron chi connectivity index (χ0n) is 22.5. The monoisotopic (exact) mass is 542 g/mol. The molecule has 0 aromatic heterocycles. The molecule has 9 heteroatoms. The van der Waals surface area contributed by atoms with Crippen LogP contribution in [-0.2, 0) is 21.4 Å². The van der Waals surface area contributed by atoms with Gasteiger partial charge in [-0.2, -0.15) is 0 Å². The predicted molar refractivity (Wildman–Crippen MR) is 152 cm³/mol. The van der Waals surface area contributed by atoms with E-state index in [4.69, 9.17) is 4.74 Å². The minimum Gasteiger partial charge on any atom is -0.457 e. The number of nitrogens with zero attached hydrogens (tertiary/aromatic N) is 1. The second-order valence-electron chi connectivity index (χ2n) is 10.7. The lowest BCUT2D eigenvalue weighted by Crippen LogP contribution is -2.45. The van der Waals surface area contributed by atoms with Crippen molar-refractivity contribution in [3.8, 4) is 11.5 Å². The molecular formula is C29H42N4O4S. The van der Waals surface area contributed by atoms with Gasteiger partial charge in [0.25, 0.3) is 0 Å². The highest BCUT2D eigenvalue weighted by Crippen LogP contribution is 2.26. The predicted octanol–water partition coefficient (Wildman–Crippen LogP) is 4.49. The lowest BCUT2D eigenvalue weighted by atomic mass is 9.87. The normalized spacial score (nSPS) is 17.7. The number of carbonyl (C=O) groups excluding carboxylic acids is 1. The molecule has 1 aliphatic heterocycles. The van der Waals surface area contributed by atoms with Gasteiger partial charge in [0.1, 0.15) is 11.5 Å². The molecule has 0 unspecified atom stereocenters. The Bertz CT molecular complexity index is 1110. The van der Waals surface area contributed by atoms with Crippen LogP contribution in [0, 0.1) is 5.92 Å². The molecule has 0 bridgehead atoms. The quantitative estimate of drug-likeness (QED) is 0.366. The van der Waals surface area contributed by atoms with Crippen LogP contribution in [0.4, 0.5) is 5.69 Å². The van der Waals surface area contributed by atoms with E-state index in [-0.39, 0.29) is 5.91 Å². The number of piperidine rings is 1. The molecule has 1 aliphatic carbocycles. The maximum Gasteiger partial charge on any atom is 0.233 e. The first kappa shape index (κ1) is 28.4. The third kappa shape index (κ3) is 9.93. The van der Waals surface area contributed by atoms with Crippen LogP contribution < -0.4 is 20.1 Å². The second kappa shape index (κ2) is 14.0. The number of likely N-dealkylation sites (tertiary alicyclic amines) is 1. The van der Waals surface area contributed by atoms with Gasteiger partial charge in [-0.1, -0.05) is 44.2 Å². The van der Waals surface area contributed by atoms with Crippen LogP contribution in [0.1, 0.15) is 56.9 Å². The Balaban J connectivity index is 1.11. The summed E-state index contributed by atoms with van der Waals surface area (Å²) in [6, 6.07) is 15.3. The number of hydrogen-bond acceptors (Lipinski definition) is 6. The van der Waals surface area contributed by atoms with Crippen molar-refractivity contribution in [2.24, 2.45) is 5.92 Å². The summed E-state index contributed by atoms with van der Waals surface area (Å²) in [6.07, 6.45) is 11.1. The van der Waals surface area contributed by atoms with Crippen molar-refractivity contribution < 1.29 is 17.9 Å². The number of hydrogen-bond donors (Lipinski definition) is 3. The van der Waals surface area contributed by atoms with E-state index in [0.717, 1.165) is 63.4 Å². The zero-order chi connectivity index (χ0) is 26.8. The summed E-state index contributed by atoms with van der Waals surface area (Å²) in [5.74, 6) is 2.30. The summed E-state index contributed by atoms with van der Waals surface area (Å²) in [6.45, 7) is 4.12.